The SMILES string of the molecule is O=C(N[C@@H]1C[C@H]2CC[C@H]1C2)N[C@](Cc1ccccc1)(c1cc(F)cc(C(F)(F)F)c1)c1ccc(Cl)cn1. The van der Waals surface area contributed by atoms with Crippen LogP contribution >= 0.6 is 11.6 Å². The van der Waals surface area contributed by atoms with Crippen molar-refractivity contribution < 1.29 is 22.4 Å². The van der Waals surface area contributed by atoms with E-state index < -0.39 is 29.1 Å². The number of benzene rings is 2. The molecule has 0 radical (unpaired) electrons. The van der Waals surface area contributed by atoms with Gasteiger partial charge in [0, 0.05) is 18.7 Å². The molecule has 0 aliphatic heterocycles. The summed E-state index contributed by atoms with van der Waals surface area (Å²) in [6, 6.07) is 13.9. The van der Waals surface area contributed by atoms with E-state index in [1.165, 1.54) is 6.20 Å². The maximum atomic E-state index is 14.7. The van der Waals surface area contributed by atoms with Crippen LogP contribution in [-0.4, -0.2) is 17.1 Å². The fourth-order valence-electron chi connectivity index (χ4n) is 5.87. The standard InChI is InChI=1S/C28H26ClF4N3O/c29-22-8-9-25(34-16-22)27(15-17-4-2-1-3-5-17,20-12-21(28(31,32)33)14-23(30)13-20)36-26(37)35-24-11-18-6-7-19(24)10-18/h1-5,8-9,12-14,16,18-19,24H,6-7,10-11,15H2,(H2,35,36,37)/t18-,19-,24+,27+/m0/s1. The van der Waals surface area contributed by atoms with Crippen molar-refractivity contribution in [1.29, 1.82) is 0 Å². The lowest BCUT2D eigenvalue weighted by molar-refractivity contribution is -0.137. The molecule has 0 spiro atoms. The highest BCUT2D eigenvalue weighted by Crippen LogP contribution is 2.44. The molecule has 2 saturated carbocycles. The Hall–Kier alpha value is -3.13. The van der Waals surface area contributed by atoms with E-state index in [-0.39, 0.29) is 23.7 Å². The molecule has 4 atom stereocenters. The molecular formula is C28H26ClF4N3O. The van der Waals surface area contributed by atoms with E-state index in [1.54, 1.807) is 36.4 Å². The van der Waals surface area contributed by atoms with Crippen LogP contribution in [0.25, 0.3) is 0 Å². The molecule has 2 aliphatic rings. The first-order valence-electron chi connectivity index (χ1n) is 12.3. The fraction of sp³-hybridized carbons (Fsp3) is 0.357. The van der Waals surface area contributed by atoms with Gasteiger partial charge in [0.25, 0.3) is 0 Å². The molecule has 1 aromatic heterocycles. The molecule has 5 rings (SSSR count). The third-order valence-electron chi connectivity index (χ3n) is 7.58. The second-order valence-corrected chi connectivity index (χ2v) is 10.5. The number of rotatable bonds is 6. The van der Waals surface area contributed by atoms with Gasteiger partial charge in [-0.2, -0.15) is 13.2 Å². The molecule has 37 heavy (non-hydrogen) atoms. The highest BCUT2D eigenvalue weighted by Gasteiger charge is 2.43. The van der Waals surface area contributed by atoms with E-state index >= 15 is 0 Å². The predicted octanol–water partition coefficient (Wildman–Crippen LogP) is 6.87. The van der Waals surface area contributed by atoms with Crippen molar-refractivity contribution in [2.24, 2.45) is 11.8 Å². The molecule has 9 heteroatoms. The van der Waals surface area contributed by atoms with Crippen molar-refractivity contribution in [3.63, 3.8) is 0 Å². The van der Waals surface area contributed by atoms with Gasteiger partial charge < -0.3 is 10.6 Å². The van der Waals surface area contributed by atoms with Crippen LogP contribution in [0.15, 0.2) is 66.9 Å². The first-order valence-corrected chi connectivity index (χ1v) is 12.6. The van der Waals surface area contributed by atoms with Gasteiger partial charge in [-0.1, -0.05) is 48.4 Å². The highest BCUT2D eigenvalue weighted by atomic mass is 35.5. The monoisotopic (exact) mass is 531 g/mol. The number of hydrogen-bond acceptors (Lipinski definition) is 2. The van der Waals surface area contributed by atoms with Crippen LogP contribution in [0.2, 0.25) is 5.02 Å². The minimum absolute atomic E-state index is 0.00963. The molecule has 4 nitrogen and oxygen atoms in total. The second-order valence-electron chi connectivity index (χ2n) is 10.0. The van der Waals surface area contributed by atoms with Crippen LogP contribution in [0.4, 0.5) is 22.4 Å². The summed E-state index contributed by atoms with van der Waals surface area (Å²) in [6.07, 6.45) is 0.749. The summed E-state index contributed by atoms with van der Waals surface area (Å²) in [5.74, 6) is -0.0923. The normalized spacial score (nSPS) is 22.5. The summed E-state index contributed by atoms with van der Waals surface area (Å²) in [5.41, 5.74) is -1.87. The van der Waals surface area contributed by atoms with Crippen LogP contribution < -0.4 is 10.6 Å². The third-order valence-corrected chi connectivity index (χ3v) is 7.80. The number of urea groups is 1. The Balaban J connectivity index is 1.62. The molecule has 0 unspecified atom stereocenters. The maximum Gasteiger partial charge on any atom is 0.416 e. The van der Waals surface area contributed by atoms with Crippen LogP contribution in [0.5, 0.6) is 0 Å². The lowest BCUT2D eigenvalue weighted by atomic mass is 9.79. The average Bonchev–Trinajstić information content (AvgIpc) is 3.47. The number of nitrogens with zero attached hydrogens (tertiary/aromatic N) is 1. The molecule has 2 fully saturated rings. The molecule has 1 heterocycles. The van der Waals surface area contributed by atoms with Gasteiger partial charge in [-0.15, -0.1) is 0 Å². The van der Waals surface area contributed by atoms with Crippen molar-refractivity contribution in [2.45, 2.75) is 49.9 Å². The number of carbonyl (C=O) groups is 1. The van der Waals surface area contributed by atoms with Crippen molar-refractivity contribution in [2.75, 3.05) is 0 Å². The van der Waals surface area contributed by atoms with Crippen LogP contribution in [0, 0.1) is 17.7 Å². The summed E-state index contributed by atoms with van der Waals surface area (Å²) >= 11 is 6.06. The first kappa shape index (κ1) is 25.5. The number of amides is 2. The number of nitrogens with one attached hydrogen (secondary N) is 2. The summed E-state index contributed by atoms with van der Waals surface area (Å²) in [5, 5.41) is 6.29. The number of hydrogen-bond donors (Lipinski definition) is 2. The van der Waals surface area contributed by atoms with E-state index in [2.05, 4.69) is 15.6 Å². The Morgan fingerprint density at radius 3 is 2.38 bits per heavy atom. The summed E-state index contributed by atoms with van der Waals surface area (Å²) in [4.78, 5) is 17.9. The van der Waals surface area contributed by atoms with Crippen molar-refractivity contribution in [3.05, 3.63) is 100 Å². The molecular weight excluding hydrogens is 506 g/mol. The van der Waals surface area contributed by atoms with Gasteiger partial charge in [-0.25, -0.2) is 9.18 Å². The van der Waals surface area contributed by atoms with E-state index in [9.17, 15) is 22.4 Å². The van der Waals surface area contributed by atoms with Crippen LogP contribution in [0.1, 0.15) is 48.1 Å². The largest absolute Gasteiger partial charge is 0.416 e. The Morgan fingerprint density at radius 2 is 1.76 bits per heavy atom. The summed E-state index contributed by atoms with van der Waals surface area (Å²) < 4.78 is 55.9. The quantitative estimate of drug-likeness (QED) is 0.341. The zero-order valence-corrected chi connectivity index (χ0v) is 20.6. The zero-order chi connectivity index (χ0) is 26.2. The minimum Gasteiger partial charge on any atom is -0.335 e. The van der Waals surface area contributed by atoms with Crippen molar-refractivity contribution in [1.82, 2.24) is 15.6 Å². The molecule has 2 aliphatic carbocycles. The van der Waals surface area contributed by atoms with Gasteiger partial charge in [0.05, 0.1) is 16.3 Å². The topological polar surface area (TPSA) is 54.0 Å². The number of pyridine rings is 1. The predicted molar refractivity (Wildman–Crippen MR) is 132 cm³/mol. The van der Waals surface area contributed by atoms with Crippen molar-refractivity contribution in [3.8, 4) is 0 Å². The number of aromatic nitrogens is 1. The Labute approximate surface area is 217 Å². The van der Waals surface area contributed by atoms with E-state index in [4.69, 9.17) is 11.6 Å². The van der Waals surface area contributed by atoms with E-state index in [0.29, 0.717) is 22.9 Å². The lowest BCUT2D eigenvalue weighted by Crippen LogP contribution is -2.55. The Bertz CT molecular complexity index is 1270. The van der Waals surface area contributed by atoms with Gasteiger partial charge in [-0.3, -0.25) is 4.98 Å². The van der Waals surface area contributed by atoms with E-state index in [0.717, 1.165) is 43.4 Å². The van der Waals surface area contributed by atoms with Gasteiger partial charge in [0.1, 0.15) is 11.4 Å². The molecule has 0 saturated heterocycles. The maximum absolute atomic E-state index is 14.7. The van der Waals surface area contributed by atoms with E-state index in [1.807, 2.05) is 6.07 Å². The van der Waals surface area contributed by atoms with Gasteiger partial charge >= 0.3 is 12.2 Å². The smallest absolute Gasteiger partial charge is 0.335 e. The van der Waals surface area contributed by atoms with Gasteiger partial charge in [0.15, 0.2) is 0 Å². The fourth-order valence-corrected chi connectivity index (χ4v) is 5.98. The molecule has 2 N–H and O–H groups in total. The van der Waals surface area contributed by atoms with Crippen molar-refractivity contribution >= 4 is 17.6 Å². The van der Waals surface area contributed by atoms with Gasteiger partial charge in [0.2, 0.25) is 0 Å². The Morgan fingerprint density at radius 1 is 1.00 bits per heavy atom. The summed E-state index contributed by atoms with van der Waals surface area (Å²) in [6.45, 7) is 0. The molecule has 3 aromatic rings. The second kappa shape index (κ2) is 9.97. The highest BCUT2D eigenvalue weighted by molar-refractivity contribution is 6.30. The van der Waals surface area contributed by atoms with Crippen LogP contribution in [-0.2, 0) is 18.1 Å². The molecule has 2 bridgehead atoms. The number of carbonyl (C=O) groups excluding carboxylic acids is 1. The zero-order valence-electron chi connectivity index (χ0n) is 19.9. The molecule has 194 valence electrons. The minimum atomic E-state index is -4.78. The summed E-state index contributed by atoms with van der Waals surface area (Å²) in [7, 11) is 0. The number of fused-ring (bicyclic) bond motifs is 2. The number of alkyl halides is 3. The third kappa shape index (κ3) is 5.44. The van der Waals surface area contributed by atoms with Crippen LogP contribution in [0.3, 0.4) is 0 Å². The first-order chi connectivity index (χ1) is 17.6. The molecule has 2 amide bonds. The lowest BCUT2D eigenvalue weighted by Gasteiger charge is -2.36. The van der Waals surface area contributed by atoms with Gasteiger partial charge in [-0.05, 0) is 72.6 Å². The average molecular weight is 532 g/mol. The molecule has 2 aromatic carbocycles. The Kier molecular flexibility index (Phi) is 6.88. The number of halogens is 5.